The van der Waals surface area contributed by atoms with E-state index in [1.807, 2.05) is 18.2 Å². The zero-order valence-corrected chi connectivity index (χ0v) is 13.4. The lowest BCUT2D eigenvalue weighted by atomic mass is 9.71. The fraction of sp³-hybridized carbons (Fsp3) is 0.588. The third-order valence-electron chi connectivity index (χ3n) is 5.17. The molecule has 3 rings (SSSR count). The predicted molar refractivity (Wildman–Crippen MR) is 85.6 cm³/mol. The van der Waals surface area contributed by atoms with E-state index < -0.39 is 0 Å². The van der Waals surface area contributed by atoms with Crippen LogP contribution >= 0.6 is 15.9 Å². The van der Waals surface area contributed by atoms with Crippen LogP contribution in [0.2, 0.25) is 0 Å². The maximum Gasteiger partial charge on any atom is 0.0992 e. The molecule has 2 fully saturated rings. The van der Waals surface area contributed by atoms with Crippen molar-refractivity contribution in [1.82, 2.24) is 0 Å². The summed E-state index contributed by atoms with van der Waals surface area (Å²) in [5, 5.41) is 12.6. The summed E-state index contributed by atoms with van der Waals surface area (Å²) in [7, 11) is 0. The summed E-state index contributed by atoms with van der Waals surface area (Å²) in [6.07, 6.45) is 11.1. The van der Waals surface area contributed by atoms with Gasteiger partial charge in [0.1, 0.15) is 0 Å². The first-order valence-corrected chi connectivity index (χ1v) is 8.46. The Bertz CT molecular complexity index is 516. The summed E-state index contributed by atoms with van der Waals surface area (Å²) < 4.78 is 0.998. The Kier molecular flexibility index (Phi) is 4.03. The second-order valence-electron chi connectivity index (χ2n) is 6.43. The predicted octanol–water partition coefficient (Wildman–Crippen LogP) is 5.24. The Labute approximate surface area is 129 Å². The van der Waals surface area contributed by atoms with E-state index in [0.717, 1.165) is 10.2 Å². The highest BCUT2D eigenvalue weighted by Crippen LogP contribution is 2.49. The van der Waals surface area contributed by atoms with Gasteiger partial charge in [-0.25, -0.2) is 0 Å². The standard InChI is InChI=1S/C17H21BrN2/c18-15-11-13(12-19)3-4-16(15)20-14-5-9-17(10-6-14)7-1-2-8-17/h3-4,11,14,20H,1-2,5-10H2. The summed E-state index contributed by atoms with van der Waals surface area (Å²) >= 11 is 3.56. The number of hydrogen-bond donors (Lipinski definition) is 1. The zero-order chi connectivity index (χ0) is 14.0. The molecule has 1 spiro atoms. The number of anilines is 1. The third kappa shape index (κ3) is 2.86. The molecule has 0 aliphatic heterocycles. The molecule has 20 heavy (non-hydrogen) atoms. The smallest absolute Gasteiger partial charge is 0.0992 e. The molecule has 2 aliphatic rings. The molecule has 0 unspecified atom stereocenters. The molecule has 0 aromatic heterocycles. The SMILES string of the molecule is N#Cc1ccc(NC2CCC3(CCCC3)CC2)c(Br)c1. The maximum absolute atomic E-state index is 8.90. The molecule has 1 aromatic rings. The van der Waals surface area contributed by atoms with Gasteiger partial charge in [-0.2, -0.15) is 5.26 Å². The van der Waals surface area contributed by atoms with E-state index in [0.29, 0.717) is 17.0 Å². The Morgan fingerprint density at radius 2 is 1.85 bits per heavy atom. The Balaban J connectivity index is 1.61. The van der Waals surface area contributed by atoms with Crippen molar-refractivity contribution >= 4 is 21.6 Å². The molecule has 2 saturated carbocycles. The normalized spacial score (nSPS) is 21.8. The van der Waals surface area contributed by atoms with Gasteiger partial charge in [-0.15, -0.1) is 0 Å². The number of rotatable bonds is 2. The van der Waals surface area contributed by atoms with Crippen LogP contribution in [-0.2, 0) is 0 Å². The monoisotopic (exact) mass is 332 g/mol. The van der Waals surface area contributed by atoms with Crippen molar-refractivity contribution in [1.29, 1.82) is 5.26 Å². The summed E-state index contributed by atoms with van der Waals surface area (Å²) in [6.45, 7) is 0. The van der Waals surface area contributed by atoms with Crippen LogP contribution in [0.4, 0.5) is 5.69 Å². The minimum atomic E-state index is 0.588. The van der Waals surface area contributed by atoms with Crippen molar-refractivity contribution < 1.29 is 0 Å². The molecular weight excluding hydrogens is 312 g/mol. The lowest BCUT2D eigenvalue weighted by Gasteiger charge is -2.38. The molecular formula is C17H21BrN2. The molecule has 0 radical (unpaired) electrons. The molecule has 106 valence electrons. The molecule has 0 heterocycles. The van der Waals surface area contributed by atoms with Gasteiger partial charge in [0.2, 0.25) is 0 Å². The first-order chi connectivity index (χ1) is 9.71. The van der Waals surface area contributed by atoms with E-state index in [1.165, 1.54) is 51.4 Å². The highest BCUT2D eigenvalue weighted by atomic mass is 79.9. The lowest BCUT2D eigenvalue weighted by Crippen LogP contribution is -2.31. The average molecular weight is 333 g/mol. The van der Waals surface area contributed by atoms with Crippen LogP contribution in [0.3, 0.4) is 0 Å². The van der Waals surface area contributed by atoms with Gasteiger partial charge in [0.15, 0.2) is 0 Å². The first-order valence-electron chi connectivity index (χ1n) is 7.67. The second kappa shape index (κ2) is 5.77. The van der Waals surface area contributed by atoms with Gasteiger partial charge >= 0.3 is 0 Å². The van der Waals surface area contributed by atoms with E-state index in [2.05, 4.69) is 27.3 Å². The minimum absolute atomic E-state index is 0.588. The highest BCUT2D eigenvalue weighted by molar-refractivity contribution is 9.10. The van der Waals surface area contributed by atoms with Gasteiger partial charge in [-0.1, -0.05) is 12.8 Å². The van der Waals surface area contributed by atoms with Crippen LogP contribution in [0.5, 0.6) is 0 Å². The lowest BCUT2D eigenvalue weighted by molar-refractivity contribution is 0.188. The van der Waals surface area contributed by atoms with Crippen LogP contribution in [0.25, 0.3) is 0 Å². The van der Waals surface area contributed by atoms with Crippen LogP contribution in [0, 0.1) is 16.7 Å². The quantitative estimate of drug-likeness (QED) is 0.804. The van der Waals surface area contributed by atoms with Gasteiger partial charge in [0, 0.05) is 16.2 Å². The van der Waals surface area contributed by atoms with E-state index >= 15 is 0 Å². The molecule has 2 nitrogen and oxygen atoms in total. The van der Waals surface area contributed by atoms with Gasteiger partial charge in [-0.05, 0) is 78.1 Å². The second-order valence-corrected chi connectivity index (χ2v) is 7.29. The van der Waals surface area contributed by atoms with Gasteiger partial charge < -0.3 is 5.32 Å². The van der Waals surface area contributed by atoms with Crippen molar-refractivity contribution in [2.24, 2.45) is 5.41 Å². The van der Waals surface area contributed by atoms with Crippen LogP contribution in [-0.4, -0.2) is 6.04 Å². The number of nitriles is 1. The number of hydrogen-bond acceptors (Lipinski definition) is 2. The Morgan fingerprint density at radius 1 is 1.15 bits per heavy atom. The minimum Gasteiger partial charge on any atom is -0.381 e. The van der Waals surface area contributed by atoms with Crippen molar-refractivity contribution in [3.8, 4) is 6.07 Å². The molecule has 0 saturated heterocycles. The maximum atomic E-state index is 8.90. The van der Waals surface area contributed by atoms with Crippen molar-refractivity contribution in [3.05, 3.63) is 28.2 Å². The van der Waals surface area contributed by atoms with Gasteiger partial charge in [-0.3, -0.25) is 0 Å². The number of nitrogens with one attached hydrogen (secondary N) is 1. The van der Waals surface area contributed by atoms with E-state index in [9.17, 15) is 0 Å². The van der Waals surface area contributed by atoms with Crippen LogP contribution in [0.15, 0.2) is 22.7 Å². The number of nitrogens with zero attached hydrogens (tertiary/aromatic N) is 1. The molecule has 3 heteroatoms. The first kappa shape index (κ1) is 13.9. The van der Waals surface area contributed by atoms with Crippen molar-refractivity contribution in [2.45, 2.75) is 57.4 Å². The third-order valence-corrected chi connectivity index (χ3v) is 5.82. The van der Waals surface area contributed by atoms with Crippen LogP contribution < -0.4 is 5.32 Å². The summed E-state index contributed by atoms with van der Waals surface area (Å²) in [6, 6.07) is 8.55. The fourth-order valence-electron chi connectivity index (χ4n) is 3.92. The van der Waals surface area contributed by atoms with Gasteiger partial charge in [0.25, 0.3) is 0 Å². The van der Waals surface area contributed by atoms with E-state index in [-0.39, 0.29) is 0 Å². The molecule has 0 bridgehead atoms. The molecule has 0 atom stereocenters. The number of benzene rings is 1. The van der Waals surface area contributed by atoms with Crippen molar-refractivity contribution in [2.75, 3.05) is 5.32 Å². The summed E-state index contributed by atoms with van der Waals surface area (Å²) in [5.74, 6) is 0. The topological polar surface area (TPSA) is 35.8 Å². The van der Waals surface area contributed by atoms with Gasteiger partial charge in [0.05, 0.1) is 11.6 Å². The number of halogens is 1. The van der Waals surface area contributed by atoms with E-state index in [1.54, 1.807) is 0 Å². The van der Waals surface area contributed by atoms with E-state index in [4.69, 9.17) is 5.26 Å². The molecule has 2 aliphatic carbocycles. The average Bonchev–Trinajstić information content (AvgIpc) is 2.92. The Morgan fingerprint density at radius 3 is 2.45 bits per heavy atom. The largest absolute Gasteiger partial charge is 0.381 e. The summed E-state index contributed by atoms with van der Waals surface area (Å²) in [4.78, 5) is 0. The summed E-state index contributed by atoms with van der Waals surface area (Å²) in [5.41, 5.74) is 2.52. The molecule has 1 N–H and O–H groups in total. The van der Waals surface area contributed by atoms with Crippen molar-refractivity contribution in [3.63, 3.8) is 0 Å². The highest BCUT2D eigenvalue weighted by Gasteiger charge is 2.37. The zero-order valence-electron chi connectivity index (χ0n) is 11.8. The van der Waals surface area contributed by atoms with Crippen LogP contribution in [0.1, 0.15) is 56.9 Å². The Hall–Kier alpha value is -1.01. The fourth-order valence-corrected chi connectivity index (χ4v) is 4.41. The molecule has 1 aromatic carbocycles. The molecule has 0 amide bonds.